The van der Waals surface area contributed by atoms with Crippen molar-refractivity contribution >= 4 is 12.6 Å². The highest BCUT2D eigenvalue weighted by Gasteiger charge is 2.23. The van der Waals surface area contributed by atoms with Crippen molar-refractivity contribution in [2.24, 2.45) is 11.7 Å². The van der Waals surface area contributed by atoms with Gasteiger partial charge in [-0.05, 0) is 25.9 Å². The zero-order chi connectivity index (χ0) is 7.56. The number of nitrogens with zero attached hydrogens (tertiary/aromatic N) is 1. The topological polar surface area (TPSA) is 29.3 Å². The standard InChI is InChI=1S/C7H16N2S/c1-9-3-2-6(4-9)7(8)5-10/h6-7,10H,2-5,8H2,1H3. The van der Waals surface area contributed by atoms with E-state index >= 15 is 0 Å². The van der Waals surface area contributed by atoms with Crippen molar-refractivity contribution in [3.8, 4) is 0 Å². The highest BCUT2D eigenvalue weighted by atomic mass is 32.1. The Morgan fingerprint density at radius 2 is 2.50 bits per heavy atom. The summed E-state index contributed by atoms with van der Waals surface area (Å²) in [7, 11) is 2.14. The number of likely N-dealkylation sites (tertiary alicyclic amines) is 1. The fourth-order valence-electron chi connectivity index (χ4n) is 1.47. The lowest BCUT2D eigenvalue weighted by Gasteiger charge is -2.16. The van der Waals surface area contributed by atoms with Gasteiger partial charge in [-0.3, -0.25) is 0 Å². The fraction of sp³-hybridized carbons (Fsp3) is 1.00. The Morgan fingerprint density at radius 1 is 1.80 bits per heavy atom. The second-order valence-corrected chi connectivity index (χ2v) is 3.52. The van der Waals surface area contributed by atoms with Crippen LogP contribution >= 0.6 is 12.6 Å². The average molecular weight is 160 g/mol. The van der Waals surface area contributed by atoms with Gasteiger partial charge < -0.3 is 10.6 Å². The van der Waals surface area contributed by atoms with Crippen LogP contribution in [0.3, 0.4) is 0 Å². The largest absolute Gasteiger partial charge is 0.327 e. The molecule has 0 radical (unpaired) electrons. The van der Waals surface area contributed by atoms with E-state index in [2.05, 4.69) is 24.6 Å². The zero-order valence-electron chi connectivity index (χ0n) is 6.45. The minimum absolute atomic E-state index is 0.299. The van der Waals surface area contributed by atoms with Gasteiger partial charge in [0.05, 0.1) is 0 Å². The Balaban J connectivity index is 2.29. The molecule has 2 nitrogen and oxygen atoms in total. The van der Waals surface area contributed by atoms with Gasteiger partial charge in [-0.1, -0.05) is 0 Å². The Bertz CT molecular complexity index is 108. The van der Waals surface area contributed by atoms with Crippen LogP contribution in [0.15, 0.2) is 0 Å². The van der Waals surface area contributed by atoms with E-state index in [1.54, 1.807) is 0 Å². The van der Waals surface area contributed by atoms with Crippen LogP contribution < -0.4 is 5.73 Å². The van der Waals surface area contributed by atoms with Crippen LogP contribution in [0.2, 0.25) is 0 Å². The van der Waals surface area contributed by atoms with Gasteiger partial charge in [-0.2, -0.15) is 12.6 Å². The molecular weight excluding hydrogens is 144 g/mol. The minimum atomic E-state index is 0.299. The molecule has 0 bridgehead atoms. The van der Waals surface area contributed by atoms with Gasteiger partial charge in [0.1, 0.15) is 0 Å². The third-order valence-corrected chi connectivity index (χ3v) is 2.67. The third-order valence-electron chi connectivity index (χ3n) is 2.24. The molecule has 60 valence electrons. The van der Waals surface area contributed by atoms with Crippen LogP contribution in [0, 0.1) is 5.92 Å². The van der Waals surface area contributed by atoms with Crippen LogP contribution in [0.4, 0.5) is 0 Å². The van der Waals surface area contributed by atoms with Gasteiger partial charge >= 0.3 is 0 Å². The average Bonchev–Trinajstić information content (AvgIpc) is 2.34. The van der Waals surface area contributed by atoms with Crippen LogP contribution in [0.1, 0.15) is 6.42 Å². The lowest BCUT2D eigenvalue weighted by molar-refractivity contribution is 0.379. The van der Waals surface area contributed by atoms with Crippen molar-refractivity contribution in [2.75, 3.05) is 25.9 Å². The van der Waals surface area contributed by atoms with E-state index in [9.17, 15) is 0 Å². The summed E-state index contributed by atoms with van der Waals surface area (Å²) in [6.07, 6.45) is 1.25. The minimum Gasteiger partial charge on any atom is -0.327 e. The number of rotatable bonds is 2. The Morgan fingerprint density at radius 3 is 2.90 bits per heavy atom. The molecule has 1 saturated heterocycles. The highest BCUT2D eigenvalue weighted by molar-refractivity contribution is 7.80. The fourth-order valence-corrected chi connectivity index (χ4v) is 1.77. The molecule has 0 aliphatic carbocycles. The van der Waals surface area contributed by atoms with Crippen LogP contribution in [0.5, 0.6) is 0 Å². The normalized spacial score (nSPS) is 30.9. The van der Waals surface area contributed by atoms with Crippen molar-refractivity contribution in [3.05, 3.63) is 0 Å². The molecule has 0 amide bonds. The molecular formula is C7H16N2S. The number of thiol groups is 1. The molecule has 0 aromatic carbocycles. The maximum Gasteiger partial charge on any atom is 0.0169 e. The molecule has 1 rings (SSSR count). The summed E-state index contributed by atoms with van der Waals surface area (Å²) in [5.74, 6) is 1.50. The first-order valence-corrected chi connectivity index (χ1v) is 4.42. The predicted octanol–water partition coefficient (Wildman–Crippen LogP) is 0.195. The van der Waals surface area contributed by atoms with E-state index in [0.717, 1.165) is 12.3 Å². The predicted molar refractivity (Wildman–Crippen MR) is 47.4 cm³/mol. The Labute approximate surface area is 68.2 Å². The maximum atomic E-state index is 5.84. The monoisotopic (exact) mass is 160 g/mol. The van der Waals surface area contributed by atoms with E-state index in [4.69, 9.17) is 5.73 Å². The van der Waals surface area contributed by atoms with E-state index < -0.39 is 0 Å². The van der Waals surface area contributed by atoms with Crippen molar-refractivity contribution < 1.29 is 0 Å². The third kappa shape index (κ3) is 1.87. The molecule has 1 heterocycles. The van der Waals surface area contributed by atoms with Gasteiger partial charge in [0.2, 0.25) is 0 Å². The molecule has 2 unspecified atom stereocenters. The summed E-state index contributed by atoms with van der Waals surface area (Å²) >= 11 is 4.18. The smallest absolute Gasteiger partial charge is 0.0169 e. The lowest BCUT2D eigenvalue weighted by atomic mass is 10.0. The summed E-state index contributed by atoms with van der Waals surface area (Å²) in [6, 6.07) is 0.299. The summed E-state index contributed by atoms with van der Waals surface area (Å²) in [5, 5.41) is 0. The zero-order valence-corrected chi connectivity index (χ0v) is 7.35. The van der Waals surface area contributed by atoms with E-state index in [1.807, 2.05) is 0 Å². The number of hydrogen-bond acceptors (Lipinski definition) is 3. The summed E-state index contributed by atoms with van der Waals surface area (Å²) in [5.41, 5.74) is 5.84. The molecule has 0 spiro atoms. The lowest BCUT2D eigenvalue weighted by Crippen LogP contribution is -2.33. The molecule has 1 aliphatic rings. The molecule has 2 N–H and O–H groups in total. The summed E-state index contributed by atoms with van der Waals surface area (Å²) < 4.78 is 0. The molecule has 0 aromatic heterocycles. The molecule has 1 aliphatic heterocycles. The molecule has 1 fully saturated rings. The van der Waals surface area contributed by atoms with Crippen LogP contribution in [-0.4, -0.2) is 36.8 Å². The molecule has 0 aromatic rings. The molecule has 3 heteroatoms. The summed E-state index contributed by atoms with van der Waals surface area (Å²) in [4.78, 5) is 2.33. The maximum absolute atomic E-state index is 5.84. The Hall–Kier alpha value is 0.270. The van der Waals surface area contributed by atoms with Crippen molar-refractivity contribution in [3.63, 3.8) is 0 Å². The molecule has 2 atom stereocenters. The van der Waals surface area contributed by atoms with E-state index in [0.29, 0.717) is 12.0 Å². The van der Waals surface area contributed by atoms with Gasteiger partial charge in [0.25, 0.3) is 0 Å². The SMILES string of the molecule is CN1CCC(C(N)CS)C1. The van der Waals surface area contributed by atoms with E-state index in [-0.39, 0.29) is 0 Å². The first-order chi connectivity index (χ1) is 4.74. The molecule has 0 saturated carbocycles. The first kappa shape index (κ1) is 8.37. The molecule has 10 heavy (non-hydrogen) atoms. The van der Waals surface area contributed by atoms with Crippen molar-refractivity contribution in [1.29, 1.82) is 0 Å². The van der Waals surface area contributed by atoms with Gasteiger partial charge in [0, 0.05) is 18.3 Å². The highest BCUT2D eigenvalue weighted by Crippen LogP contribution is 2.17. The van der Waals surface area contributed by atoms with Crippen LogP contribution in [0.25, 0.3) is 0 Å². The van der Waals surface area contributed by atoms with Crippen LogP contribution in [-0.2, 0) is 0 Å². The Kier molecular flexibility index (Phi) is 3.01. The number of hydrogen-bond donors (Lipinski definition) is 2. The second-order valence-electron chi connectivity index (χ2n) is 3.16. The quantitative estimate of drug-likeness (QED) is 0.565. The second kappa shape index (κ2) is 3.60. The van der Waals surface area contributed by atoms with Gasteiger partial charge in [0.15, 0.2) is 0 Å². The van der Waals surface area contributed by atoms with Crippen molar-refractivity contribution in [1.82, 2.24) is 4.90 Å². The number of nitrogens with two attached hydrogens (primary N) is 1. The first-order valence-electron chi connectivity index (χ1n) is 3.79. The van der Waals surface area contributed by atoms with Crippen molar-refractivity contribution in [2.45, 2.75) is 12.5 Å². The van der Waals surface area contributed by atoms with E-state index in [1.165, 1.54) is 13.0 Å². The van der Waals surface area contributed by atoms with Gasteiger partial charge in [-0.25, -0.2) is 0 Å². The summed E-state index contributed by atoms with van der Waals surface area (Å²) in [6.45, 7) is 2.36. The van der Waals surface area contributed by atoms with Gasteiger partial charge in [-0.15, -0.1) is 0 Å².